The third-order valence-corrected chi connectivity index (χ3v) is 3.63. The Labute approximate surface area is 138 Å². The molecule has 7 heteroatoms. The van der Waals surface area contributed by atoms with Crippen LogP contribution in [0.5, 0.6) is 5.75 Å². The van der Waals surface area contributed by atoms with Gasteiger partial charge in [0.15, 0.2) is 0 Å². The van der Waals surface area contributed by atoms with E-state index in [-0.39, 0.29) is 11.8 Å². The van der Waals surface area contributed by atoms with Crippen LogP contribution in [0.1, 0.15) is 0 Å². The van der Waals surface area contributed by atoms with Crippen LogP contribution in [-0.2, 0) is 0 Å². The Kier molecular flexibility index (Phi) is 4.07. The summed E-state index contributed by atoms with van der Waals surface area (Å²) in [5, 5.41) is 10.7. The summed E-state index contributed by atoms with van der Waals surface area (Å²) in [5.41, 5.74) is 2.50. The van der Waals surface area contributed by atoms with Crippen LogP contribution in [0.15, 0.2) is 36.4 Å². The number of fused-ring (bicyclic) bond motifs is 1. The number of rotatable bonds is 3. The number of hydrogen-bond acceptors (Lipinski definition) is 3. The molecule has 0 aliphatic carbocycles. The van der Waals surface area contributed by atoms with E-state index in [1.807, 2.05) is 0 Å². The van der Waals surface area contributed by atoms with Gasteiger partial charge in [-0.15, -0.1) is 0 Å². The quantitative estimate of drug-likeness (QED) is 0.773. The molecule has 0 bridgehead atoms. The molecule has 24 heavy (non-hydrogen) atoms. The normalized spacial score (nSPS) is 10.7. The number of methoxy groups -OCH3 is 1. The van der Waals surface area contributed by atoms with Crippen LogP contribution in [0, 0.1) is 5.82 Å². The summed E-state index contributed by atoms with van der Waals surface area (Å²) in [6.45, 7) is 0. The molecule has 0 saturated heterocycles. The van der Waals surface area contributed by atoms with Crippen LogP contribution in [-0.4, -0.2) is 42.3 Å². The predicted octanol–water partition coefficient (Wildman–Crippen LogP) is 3.47. The summed E-state index contributed by atoms with van der Waals surface area (Å²) in [7, 11) is 4.82. The minimum atomic E-state index is -0.335. The molecule has 0 spiro atoms. The van der Waals surface area contributed by atoms with Crippen molar-refractivity contribution in [2.24, 2.45) is 0 Å². The smallest absolute Gasteiger partial charge is 0.321 e. The average molecular weight is 328 g/mol. The molecule has 0 atom stereocenters. The summed E-state index contributed by atoms with van der Waals surface area (Å²) in [5.74, 6) is 0.172. The van der Waals surface area contributed by atoms with Crippen molar-refractivity contribution in [3.63, 3.8) is 0 Å². The van der Waals surface area contributed by atoms with E-state index < -0.39 is 0 Å². The molecule has 2 aromatic carbocycles. The molecule has 1 aromatic heterocycles. The first-order valence-electron chi connectivity index (χ1n) is 7.30. The molecule has 124 valence electrons. The molecule has 2 N–H and O–H groups in total. The SMILES string of the molecule is COc1cc2[nH]nc(-c3cccc(F)c3)c2cc1NC(=O)N(C)C. The first-order valence-corrected chi connectivity index (χ1v) is 7.30. The number of amides is 2. The van der Waals surface area contributed by atoms with E-state index in [4.69, 9.17) is 4.74 Å². The largest absolute Gasteiger partial charge is 0.494 e. The van der Waals surface area contributed by atoms with Crippen LogP contribution in [0.2, 0.25) is 0 Å². The van der Waals surface area contributed by atoms with E-state index in [1.54, 1.807) is 38.4 Å². The molecule has 0 aliphatic heterocycles. The van der Waals surface area contributed by atoms with Crippen molar-refractivity contribution >= 4 is 22.6 Å². The van der Waals surface area contributed by atoms with E-state index in [0.717, 1.165) is 10.9 Å². The van der Waals surface area contributed by atoms with Crippen molar-refractivity contribution < 1.29 is 13.9 Å². The van der Waals surface area contributed by atoms with Gasteiger partial charge in [0.25, 0.3) is 0 Å². The number of ether oxygens (including phenoxy) is 1. The second-order valence-corrected chi connectivity index (χ2v) is 5.51. The monoisotopic (exact) mass is 328 g/mol. The molecule has 2 amide bonds. The van der Waals surface area contributed by atoms with Crippen molar-refractivity contribution in [2.45, 2.75) is 0 Å². The number of halogens is 1. The highest BCUT2D eigenvalue weighted by atomic mass is 19.1. The zero-order valence-corrected chi connectivity index (χ0v) is 13.6. The third-order valence-electron chi connectivity index (χ3n) is 3.63. The van der Waals surface area contributed by atoms with E-state index in [9.17, 15) is 9.18 Å². The van der Waals surface area contributed by atoms with Gasteiger partial charge >= 0.3 is 6.03 Å². The van der Waals surface area contributed by atoms with Crippen LogP contribution in [0.4, 0.5) is 14.9 Å². The highest BCUT2D eigenvalue weighted by Gasteiger charge is 2.15. The Morgan fingerprint density at radius 3 is 2.75 bits per heavy atom. The van der Waals surface area contributed by atoms with Gasteiger partial charge in [0, 0.05) is 31.1 Å². The van der Waals surface area contributed by atoms with Crippen molar-refractivity contribution in [3.8, 4) is 17.0 Å². The molecule has 0 unspecified atom stereocenters. The summed E-state index contributed by atoms with van der Waals surface area (Å²) in [6, 6.07) is 9.44. The number of carbonyl (C=O) groups excluding carboxylic acids is 1. The minimum Gasteiger partial charge on any atom is -0.494 e. The lowest BCUT2D eigenvalue weighted by atomic mass is 10.1. The van der Waals surface area contributed by atoms with E-state index in [2.05, 4.69) is 15.5 Å². The molecule has 0 aliphatic rings. The van der Waals surface area contributed by atoms with Crippen LogP contribution < -0.4 is 10.1 Å². The molecular formula is C17H17FN4O2. The lowest BCUT2D eigenvalue weighted by molar-refractivity contribution is 0.230. The molecule has 0 saturated carbocycles. The number of aromatic amines is 1. The maximum Gasteiger partial charge on any atom is 0.321 e. The Morgan fingerprint density at radius 2 is 2.08 bits per heavy atom. The van der Waals surface area contributed by atoms with Gasteiger partial charge in [0.2, 0.25) is 0 Å². The molecule has 0 radical (unpaired) electrons. The third kappa shape index (κ3) is 2.88. The van der Waals surface area contributed by atoms with Gasteiger partial charge < -0.3 is 15.0 Å². The van der Waals surface area contributed by atoms with Crippen LogP contribution >= 0.6 is 0 Å². The van der Waals surface area contributed by atoms with Gasteiger partial charge in [0.05, 0.1) is 18.3 Å². The Morgan fingerprint density at radius 1 is 1.29 bits per heavy atom. The number of carbonyl (C=O) groups is 1. The van der Waals surface area contributed by atoms with Gasteiger partial charge in [-0.2, -0.15) is 5.10 Å². The number of urea groups is 1. The average Bonchev–Trinajstić information content (AvgIpc) is 2.96. The second kappa shape index (κ2) is 6.19. The Balaban J connectivity index is 2.12. The minimum absolute atomic E-state index is 0.275. The number of benzene rings is 2. The van der Waals surface area contributed by atoms with Crippen LogP contribution in [0.3, 0.4) is 0 Å². The van der Waals surface area contributed by atoms with Gasteiger partial charge in [-0.25, -0.2) is 9.18 Å². The fraction of sp³-hybridized carbons (Fsp3) is 0.176. The lowest BCUT2D eigenvalue weighted by Crippen LogP contribution is -2.27. The van der Waals surface area contributed by atoms with Crippen molar-refractivity contribution in [1.82, 2.24) is 15.1 Å². The highest BCUT2D eigenvalue weighted by molar-refractivity contribution is 6.00. The summed E-state index contributed by atoms with van der Waals surface area (Å²) < 4.78 is 18.8. The zero-order chi connectivity index (χ0) is 17.3. The maximum absolute atomic E-state index is 13.5. The number of aromatic nitrogens is 2. The molecule has 3 rings (SSSR count). The van der Waals surface area contributed by atoms with Crippen molar-refractivity contribution in [2.75, 3.05) is 26.5 Å². The van der Waals surface area contributed by atoms with Gasteiger partial charge in [0.1, 0.15) is 17.3 Å². The van der Waals surface area contributed by atoms with Crippen molar-refractivity contribution in [1.29, 1.82) is 0 Å². The first-order chi connectivity index (χ1) is 11.5. The van der Waals surface area contributed by atoms with E-state index in [1.165, 1.54) is 24.1 Å². The second-order valence-electron chi connectivity index (χ2n) is 5.51. The molecule has 1 heterocycles. The molecular weight excluding hydrogens is 311 g/mol. The first kappa shape index (κ1) is 15.8. The topological polar surface area (TPSA) is 70.2 Å². The van der Waals surface area contributed by atoms with Gasteiger partial charge in [-0.1, -0.05) is 12.1 Å². The predicted molar refractivity (Wildman–Crippen MR) is 90.7 cm³/mol. The summed E-state index contributed by atoms with van der Waals surface area (Å²) >= 11 is 0. The van der Waals surface area contributed by atoms with E-state index in [0.29, 0.717) is 22.7 Å². The van der Waals surface area contributed by atoms with E-state index >= 15 is 0 Å². The molecule has 0 fully saturated rings. The number of anilines is 1. The number of hydrogen-bond donors (Lipinski definition) is 2. The van der Waals surface area contributed by atoms with Crippen molar-refractivity contribution in [3.05, 3.63) is 42.2 Å². The Hall–Kier alpha value is -3.09. The highest BCUT2D eigenvalue weighted by Crippen LogP contribution is 2.34. The number of nitrogens with zero attached hydrogens (tertiary/aromatic N) is 2. The maximum atomic E-state index is 13.5. The molecule has 6 nitrogen and oxygen atoms in total. The standard InChI is InChI=1S/C17H17FN4O2/c1-22(2)17(23)19-14-8-12-13(9-15(14)24-3)20-21-16(12)10-5-4-6-11(18)7-10/h4-9H,1-3H3,(H,19,23)(H,20,21). The van der Waals surface area contributed by atoms with Gasteiger partial charge in [-0.3, -0.25) is 5.10 Å². The lowest BCUT2D eigenvalue weighted by Gasteiger charge is -2.14. The number of nitrogens with one attached hydrogen (secondary N) is 2. The van der Waals surface area contributed by atoms with Crippen LogP contribution in [0.25, 0.3) is 22.2 Å². The fourth-order valence-corrected chi connectivity index (χ4v) is 2.39. The summed E-state index contributed by atoms with van der Waals surface area (Å²) in [4.78, 5) is 13.4. The summed E-state index contributed by atoms with van der Waals surface area (Å²) in [6.07, 6.45) is 0. The molecule has 3 aromatic rings. The number of H-pyrrole nitrogens is 1. The Bertz CT molecular complexity index is 905. The van der Waals surface area contributed by atoms with Gasteiger partial charge in [-0.05, 0) is 18.2 Å². The zero-order valence-electron chi connectivity index (χ0n) is 13.6. The fourth-order valence-electron chi connectivity index (χ4n) is 2.39.